The smallest absolute Gasteiger partial charge is 0.163 e. The van der Waals surface area contributed by atoms with Gasteiger partial charge in [-0.15, -0.1) is 0 Å². The van der Waals surface area contributed by atoms with Gasteiger partial charge in [0.05, 0.1) is 11.7 Å². The van der Waals surface area contributed by atoms with E-state index < -0.39 is 0 Å². The molecule has 0 amide bonds. The number of anilines is 1. The van der Waals surface area contributed by atoms with Crippen molar-refractivity contribution < 1.29 is 0 Å². The Morgan fingerprint density at radius 1 is 1.07 bits per heavy atom. The Bertz CT molecular complexity index is 911. The molecule has 144 valence electrons. The van der Waals surface area contributed by atoms with E-state index in [1.807, 2.05) is 36.8 Å². The first-order valence-electron chi connectivity index (χ1n) is 9.88. The van der Waals surface area contributed by atoms with Crippen molar-refractivity contribution in [1.29, 1.82) is 0 Å². The van der Waals surface area contributed by atoms with Crippen LogP contribution in [0.4, 0.5) is 5.82 Å². The molecule has 4 rings (SSSR count). The molecule has 0 saturated carbocycles. The zero-order valence-electron chi connectivity index (χ0n) is 16.4. The van der Waals surface area contributed by atoms with Gasteiger partial charge in [0.15, 0.2) is 5.82 Å². The van der Waals surface area contributed by atoms with Crippen LogP contribution in [0.25, 0.3) is 11.4 Å². The van der Waals surface area contributed by atoms with E-state index in [1.54, 1.807) is 6.20 Å². The van der Waals surface area contributed by atoms with Gasteiger partial charge in [0, 0.05) is 42.5 Å². The topological polar surface area (TPSA) is 75.6 Å². The lowest BCUT2D eigenvalue weighted by atomic mass is 9.97. The van der Waals surface area contributed by atoms with E-state index in [4.69, 9.17) is 9.97 Å². The van der Waals surface area contributed by atoms with Gasteiger partial charge in [-0.2, -0.15) is 0 Å². The van der Waals surface area contributed by atoms with Crippen LogP contribution in [0, 0.1) is 5.92 Å². The van der Waals surface area contributed by atoms with E-state index in [2.05, 4.69) is 40.5 Å². The number of hydrogen-bond donors (Lipinski definition) is 2. The Morgan fingerprint density at radius 3 is 2.61 bits per heavy atom. The maximum Gasteiger partial charge on any atom is 0.163 e. The molecule has 2 N–H and O–H groups in total. The summed E-state index contributed by atoms with van der Waals surface area (Å²) in [6.45, 7) is 6.19. The van der Waals surface area contributed by atoms with Gasteiger partial charge < -0.3 is 10.6 Å². The first kappa shape index (κ1) is 18.5. The number of hydrogen-bond acceptors (Lipinski definition) is 6. The number of nitrogens with zero attached hydrogens (tertiary/aromatic N) is 4. The summed E-state index contributed by atoms with van der Waals surface area (Å²) in [5, 5.41) is 7.15. The monoisotopic (exact) mass is 374 g/mol. The SMILES string of the molecule is CC(C)C[C@@H](Nc1nc(-c2cccnc2)nc2c1CCNC2)c1cccnc1. The molecule has 0 aliphatic carbocycles. The minimum atomic E-state index is 0.157. The highest BCUT2D eigenvalue weighted by molar-refractivity contribution is 5.60. The van der Waals surface area contributed by atoms with Gasteiger partial charge in [-0.25, -0.2) is 9.97 Å². The van der Waals surface area contributed by atoms with Crippen LogP contribution in [0.1, 0.15) is 43.1 Å². The van der Waals surface area contributed by atoms with Gasteiger partial charge in [-0.3, -0.25) is 9.97 Å². The Kier molecular flexibility index (Phi) is 5.58. The molecule has 0 bridgehead atoms. The summed E-state index contributed by atoms with van der Waals surface area (Å²) >= 11 is 0. The maximum atomic E-state index is 4.92. The van der Waals surface area contributed by atoms with Crippen molar-refractivity contribution >= 4 is 5.82 Å². The van der Waals surface area contributed by atoms with Gasteiger partial charge >= 0.3 is 0 Å². The van der Waals surface area contributed by atoms with E-state index in [0.717, 1.165) is 43.0 Å². The summed E-state index contributed by atoms with van der Waals surface area (Å²) < 4.78 is 0. The first-order chi connectivity index (χ1) is 13.7. The second-order valence-electron chi connectivity index (χ2n) is 7.60. The molecule has 1 aliphatic heterocycles. The zero-order valence-corrected chi connectivity index (χ0v) is 16.4. The zero-order chi connectivity index (χ0) is 19.3. The predicted octanol–water partition coefficient (Wildman–Crippen LogP) is 3.78. The molecule has 0 aromatic carbocycles. The van der Waals surface area contributed by atoms with Gasteiger partial charge in [0.1, 0.15) is 5.82 Å². The van der Waals surface area contributed by atoms with Crippen molar-refractivity contribution in [2.75, 3.05) is 11.9 Å². The number of rotatable bonds is 6. The molecule has 0 spiro atoms. The minimum Gasteiger partial charge on any atom is -0.363 e. The lowest BCUT2D eigenvalue weighted by Gasteiger charge is -2.26. The van der Waals surface area contributed by atoms with Crippen LogP contribution < -0.4 is 10.6 Å². The highest BCUT2D eigenvalue weighted by Crippen LogP contribution is 2.30. The standard InChI is InChI=1S/C22H26N6/c1-15(2)11-19(16-5-3-8-23-12-16)26-22-18-7-10-25-14-20(18)27-21(28-22)17-6-4-9-24-13-17/h3-6,8-9,12-13,15,19,25H,7,10-11,14H2,1-2H3,(H,26,27,28)/t19-/m1/s1. The summed E-state index contributed by atoms with van der Waals surface area (Å²) in [7, 11) is 0. The number of fused-ring (bicyclic) bond motifs is 1. The van der Waals surface area contributed by atoms with Crippen LogP contribution in [0.3, 0.4) is 0 Å². The molecule has 28 heavy (non-hydrogen) atoms. The normalized spacial score (nSPS) is 14.5. The van der Waals surface area contributed by atoms with Crippen molar-refractivity contribution in [2.45, 2.75) is 39.3 Å². The molecule has 0 fully saturated rings. The molecule has 0 unspecified atom stereocenters. The van der Waals surface area contributed by atoms with Gasteiger partial charge in [-0.05, 0) is 49.1 Å². The van der Waals surface area contributed by atoms with Crippen LogP contribution >= 0.6 is 0 Å². The summed E-state index contributed by atoms with van der Waals surface area (Å²) in [5.41, 5.74) is 4.39. The fourth-order valence-electron chi connectivity index (χ4n) is 3.60. The molecule has 0 radical (unpaired) electrons. The lowest BCUT2D eigenvalue weighted by Crippen LogP contribution is -2.27. The van der Waals surface area contributed by atoms with Crippen LogP contribution in [0.5, 0.6) is 0 Å². The van der Waals surface area contributed by atoms with E-state index in [9.17, 15) is 0 Å². The molecule has 3 aromatic heterocycles. The Balaban J connectivity index is 1.74. The number of aromatic nitrogens is 4. The second-order valence-corrected chi connectivity index (χ2v) is 7.60. The summed E-state index contributed by atoms with van der Waals surface area (Å²) in [5.74, 6) is 2.20. The molecule has 1 aliphatic rings. The van der Waals surface area contributed by atoms with Gasteiger partial charge in [-0.1, -0.05) is 19.9 Å². The fourth-order valence-corrected chi connectivity index (χ4v) is 3.60. The Hall–Kier alpha value is -2.86. The molecule has 1 atom stereocenters. The van der Waals surface area contributed by atoms with E-state index >= 15 is 0 Å². The molecule has 3 aromatic rings. The van der Waals surface area contributed by atoms with Crippen LogP contribution in [0.2, 0.25) is 0 Å². The van der Waals surface area contributed by atoms with Crippen LogP contribution in [-0.2, 0) is 13.0 Å². The molecule has 6 heteroatoms. The van der Waals surface area contributed by atoms with Crippen LogP contribution in [0.15, 0.2) is 49.1 Å². The van der Waals surface area contributed by atoms with Crippen molar-refractivity contribution in [1.82, 2.24) is 25.3 Å². The van der Waals surface area contributed by atoms with Crippen LogP contribution in [-0.4, -0.2) is 26.5 Å². The summed E-state index contributed by atoms with van der Waals surface area (Å²) in [6.07, 6.45) is 9.27. The highest BCUT2D eigenvalue weighted by Gasteiger charge is 2.22. The van der Waals surface area contributed by atoms with Crippen molar-refractivity contribution in [3.8, 4) is 11.4 Å². The molecular weight excluding hydrogens is 348 g/mol. The first-order valence-corrected chi connectivity index (χ1v) is 9.88. The predicted molar refractivity (Wildman–Crippen MR) is 111 cm³/mol. The lowest BCUT2D eigenvalue weighted by molar-refractivity contribution is 0.527. The maximum absolute atomic E-state index is 4.92. The van der Waals surface area contributed by atoms with Crippen molar-refractivity contribution in [2.24, 2.45) is 5.92 Å². The average molecular weight is 374 g/mol. The summed E-state index contributed by atoms with van der Waals surface area (Å²) in [6, 6.07) is 8.20. The summed E-state index contributed by atoms with van der Waals surface area (Å²) in [4.78, 5) is 18.3. The quantitative estimate of drug-likeness (QED) is 0.684. The second kappa shape index (κ2) is 8.44. The number of nitrogens with one attached hydrogen (secondary N) is 2. The third-order valence-corrected chi connectivity index (χ3v) is 4.96. The molecule has 4 heterocycles. The molecule has 0 saturated heterocycles. The number of pyridine rings is 2. The van der Waals surface area contributed by atoms with E-state index in [0.29, 0.717) is 11.7 Å². The molecule has 6 nitrogen and oxygen atoms in total. The Labute approximate surface area is 165 Å². The average Bonchev–Trinajstić information content (AvgIpc) is 2.74. The van der Waals surface area contributed by atoms with E-state index in [-0.39, 0.29) is 6.04 Å². The minimum absolute atomic E-state index is 0.157. The van der Waals surface area contributed by atoms with Gasteiger partial charge in [0.25, 0.3) is 0 Å². The van der Waals surface area contributed by atoms with Gasteiger partial charge in [0.2, 0.25) is 0 Å². The third kappa shape index (κ3) is 4.17. The third-order valence-electron chi connectivity index (χ3n) is 4.96. The van der Waals surface area contributed by atoms with E-state index in [1.165, 1.54) is 11.1 Å². The van der Waals surface area contributed by atoms with Crippen molar-refractivity contribution in [3.63, 3.8) is 0 Å². The Morgan fingerprint density at radius 2 is 1.89 bits per heavy atom. The highest BCUT2D eigenvalue weighted by atomic mass is 15.1. The molecular formula is C22H26N6. The van der Waals surface area contributed by atoms with Crippen molar-refractivity contribution in [3.05, 3.63) is 65.9 Å². The fraction of sp³-hybridized carbons (Fsp3) is 0.364. The largest absolute Gasteiger partial charge is 0.363 e.